The van der Waals surface area contributed by atoms with Gasteiger partial charge in [-0.25, -0.2) is 0 Å². The average molecular weight is 456 g/mol. The number of nitrogens with one attached hydrogen (secondary N) is 1. The second-order valence-electron chi connectivity index (χ2n) is 7.67. The number of carbonyl (C=O) groups is 1. The molecule has 168 valence electrons. The Balaban J connectivity index is 1.19. The molecule has 8 nitrogen and oxygen atoms in total. The minimum atomic E-state index is -0.00776. The fourth-order valence-electron chi connectivity index (χ4n) is 3.59. The quantitative estimate of drug-likeness (QED) is 0.556. The van der Waals surface area contributed by atoms with Gasteiger partial charge in [0.25, 0.3) is 0 Å². The third-order valence-corrected chi connectivity index (χ3v) is 5.64. The first kappa shape index (κ1) is 22.3. The molecule has 1 amide bonds. The van der Waals surface area contributed by atoms with E-state index in [9.17, 15) is 4.79 Å². The van der Waals surface area contributed by atoms with Gasteiger partial charge in [0.2, 0.25) is 17.6 Å². The van der Waals surface area contributed by atoms with Gasteiger partial charge in [-0.2, -0.15) is 4.98 Å². The first-order valence-corrected chi connectivity index (χ1v) is 10.9. The summed E-state index contributed by atoms with van der Waals surface area (Å²) in [4.78, 5) is 21.3. The molecule has 32 heavy (non-hydrogen) atoms. The molecule has 1 N–H and O–H groups in total. The van der Waals surface area contributed by atoms with Crippen LogP contribution in [-0.4, -0.2) is 65.7 Å². The number of rotatable bonds is 8. The van der Waals surface area contributed by atoms with Crippen molar-refractivity contribution in [3.8, 4) is 17.1 Å². The zero-order valence-electron chi connectivity index (χ0n) is 18.0. The van der Waals surface area contributed by atoms with Gasteiger partial charge >= 0.3 is 0 Å². The highest BCUT2D eigenvalue weighted by Crippen LogP contribution is 2.20. The summed E-state index contributed by atoms with van der Waals surface area (Å²) in [5.74, 6) is 1.96. The lowest BCUT2D eigenvalue weighted by Crippen LogP contribution is -2.46. The van der Waals surface area contributed by atoms with E-state index in [1.165, 1.54) is 0 Å². The number of halogens is 1. The van der Waals surface area contributed by atoms with Gasteiger partial charge in [0.15, 0.2) is 0 Å². The normalized spacial score (nSPS) is 14.9. The van der Waals surface area contributed by atoms with E-state index in [2.05, 4.69) is 25.3 Å². The number of hydrogen-bond acceptors (Lipinski definition) is 7. The summed E-state index contributed by atoms with van der Waals surface area (Å²) in [6.07, 6.45) is 0.446. The van der Waals surface area contributed by atoms with Crippen LogP contribution in [0.3, 0.4) is 0 Å². The maximum Gasteiger partial charge on any atom is 0.241 e. The number of amides is 1. The molecule has 1 saturated heterocycles. The third-order valence-electron chi connectivity index (χ3n) is 5.40. The zero-order valence-corrected chi connectivity index (χ0v) is 18.7. The van der Waals surface area contributed by atoms with E-state index in [0.29, 0.717) is 29.7 Å². The number of ether oxygens (including phenoxy) is 1. The maximum absolute atomic E-state index is 12.2. The van der Waals surface area contributed by atoms with Crippen molar-refractivity contribution in [3.05, 3.63) is 59.4 Å². The van der Waals surface area contributed by atoms with Gasteiger partial charge in [0.05, 0.1) is 13.7 Å². The molecule has 0 aliphatic carbocycles. The van der Waals surface area contributed by atoms with E-state index in [4.69, 9.17) is 20.9 Å². The molecular weight excluding hydrogens is 430 g/mol. The van der Waals surface area contributed by atoms with Crippen molar-refractivity contribution in [1.82, 2.24) is 19.9 Å². The summed E-state index contributed by atoms with van der Waals surface area (Å²) in [6, 6.07) is 14.8. The molecule has 4 rings (SSSR count). The van der Waals surface area contributed by atoms with Crippen LogP contribution in [0.5, 0.6) is 5.75 Å². The number of benzene rings is 2. The standard InChI is InChI=1S/C23H26ClN5O3/c1-31-20-7-5-17(6-8-20)23-26-22(32-27-23)16-29-13-11-28(12-14-29)10-9-21(30)25-19-4-2-3-18(24)15-19/h2-8,15H,9-14,16H2,1H3,(H,25,30). The van der Waals surface area contributed by atoms with Gasteiger partial charge in [-0.1, -0.05) is 22.8 Å². The van der Waals surface area contributed by atoms with Gasteiger partial charge in [-0.05, 0) is 42.5 Å². The molecule has 0 spiro atoms. The first-order valence-electron chi connectivity index (χ1n) is 10.6. The van der Waals surface area contributed by atoms with E-state index in [1.54, 1.807) is 19.2 Å². The Morgan fingerprint density at radius 1 is 1.12 bits per heavy atom. The van der Waals surface area contributed by atoms with Crippen LogP contribution < -0.4 is 10.1 Å². The number of nitrogens with zero attached hydrogens (tertiary/aromatic N) is 4. The van der Waals surface area contributed by atoms with Gasteiger partial charge in [0.1, 0.15) is 5.75 Å². The average Bonchev–Trinajstić information content (AvgIpc) is 3.27. The van der Waals surface area contributed by atoms with E-state index < -0.39 is 0 Å². The Bertz CT molecular complexity index is 1030. The minimum absolute atomic E-state index is 0.00776. The van der Waals surface area contributed by atoms with Gasteiger partial charge in [-0.3, -0.25) is 9.69 Å². The molecule has 0 saturated carbocycles. The lowest BCUT2D eigenvalue weighted by Gasteiger charge is -2.33. The molecular formula is C23H26ClN5O3. The van der Waals surface area contributed by atoms with Crippen molar-refractivity contribution in [2.75, 3.05) is 45.2 Å². The van der Waals surface area contributed by atoms with Crippen molar-refractivity contribution in [2.24, 2.45) is 0 Å². The molecule has 3 aromatic rings. The summed E-state index contributed by atoms with van der Waals surface area (Å²) in [5, 5.41) is 7.59. The van der Waals surface area contributed by atoms with E-state index in [-0.39, 0.29) is 5.91 Å². The summed E-state index contributed by atoms with van der Waals surface area (Å²) < 4.78 is 10.6. The summed E-state index contributed by atoms with van der Waals surface area (Å²) in [5.41, 5.74) is 1.61. The molecule has 1 fully saturated rings. The summed E-state index contributed by atoms with van der Waals surface area (Å²) in [7, 11) is 1.64. The van der Waals surface area contributed by atoms with Gasteiger partial charge < -0.3 is 19.5 Å². The van der Waals surface area contributed by atoms with Crippen LogP contribution in [0.4, 0.5) is 5.69 Å². The molecule has 9 heteroatoms. The van der Waals surface area contributed by atoms with Crippen molar-refractivity contribution >= 4 is 23.2 Å². The highest BCUT2D eigenvalue weighted by molar-refractivity contribution is 6.30. The molecule has 0 unspecified atom stereocenters. The molecule has 0 radical (unpaired) electrons. The summed E-state index contributed by atoms with van der Waals surface area (Å²) in [6.45, 7) is 4.90. The van der Waals surface area contributed by atoms with Gasteiger partial charge in [0, 0.05) is 55.4 Å². The van der Waals surface area contributed by atoms with E-state index in [0.717, 1.165) is 49.7 Å². The predicted molar refractivity (Wildman–Crippen MR) is 123 cm³/mol. The molecule has 2 heterocycles. The first-order chi connectivity index (χ1) is 15.6. The number of carbonyl (C=O) groups excluding carboxylic acids is 1. The second kappa shape index (κ2) is 10.6. The smallest absolute Gasteiger partial charge is 0.241 e. The van der Waals surface area contributed by atoms with Crippen molar-refractivity contribution in [2.45, 2.75) is 13.0 Å². The number of hydrogen-bond donors (Lipinski definition) is 1. The largest absolute Gasteiger partial charge is 0.497 e. The number of piperazine rings is 1. The number of aromatic nitrogens is 2. The highest BCUT2D eigenvalue weighted by Gasteiger charge is 2.20. The van der Waals surface area contributed by atoms with Crippen molar-refractivity contribution in [3.63, 3.8) is 0 Å². The lowest BCUT2D eigenvalue weighted by molar-refractivity contribution is -0.116. The minimum Gasteiger partial charge on any atom is -0.497 e. The van der Waals surface area contributed by atoms with Crippen LogP contribution >= 0.6 is 11.6 Å². The molecule has 0 atom stereocenters. The van der Waals surface area contributed by atoms with Gasteiger partial charge in [-0.15, -0.1) is 0 Å². The maximum atomic E-state index is 12.2. The van der Waals surface area contributed by atoms with E-state index in [1.807, 2.05) is 36.4 Å². The Labute approximate surface area is 192 Å². The van der Waals surface area contributed by atoms with Crippen LogP contribution in [0.25, 0.3) is 11.4 Å². The van der Waals surface area contributed by atoms with Crippen LogP contribution in [0.2, 0.25) is 5.02 Å². The summed E-state index contributed by atoms with van der Waals surface area (Å²) >= 11 is 5.96. The fourth-order valence-corrected chi connectivity index (χ4v) is 3.78. The van der Waals surface area contributed by atoms with Crippen molar-refractivity contribution < 1.29 is 14.1 Å². The topological polar surface area (TPSA) is 83.7 Å². The molecule has 2 aromatic carbocycles. The Morgan fingerprint density at radius 2 is 1.88 bits per heavy atom. The van der Waals surface area contributed by atoms with E-state index >= 15 is 0 Å². The molecule has 0 bridgehead atoms. The highest BCUT2D eigenvalue weighted by atomic mass is 35.5. The monoisotopic (exact) mass is 455 g/mol. The molecule has 1 aromatic heterocycles. The van der Waals surface area contributed by atoms with Crippen LogP contribution in [0.15, 0.2) is 53.1 Å². The number of anilines is 1. The third kappa shape index (κ3) is 6.06. The Morgan fingerprint density at radius 3 is 2.59 bits per heavy atom. The number of methoxy groups -OCH3 is 1. The fraction of sp³-hybridized carbons (Fsp3) is 0.348. The van der Waals surface area contributed by atoms with Crippen LogP contribution in [0, 0.1) is 0 Å². The van der Waals surface area contributed by atoms with Crippen LogP contribution in [-0.2, 0) is 11.3 Å². The SMILES string of the molecule is COc1ccc(-c2noc(CN3CCN(CCC(=O)Nc4cccc(Cl)c4)CC3)n2)cc1. The predicted octanol–water partition coefficient (Wildman–Crippen LogP) is 3.55. The Hall–Kier alpha value is -2.94. The molecule has 1 aliphatic rings. The van der Waals surface area contributed by atoms with Crippen molar-refractivity contribution in [1.29, 1.82) is 0 Å². The second-order valence-corrected chi connectivity index (χ2v) is 8.10. The lowest BCUT2D eigenvalue weighted by atomic mass is 10.2. The van der Waals surface area contributed by atoms with Crippen LogP contribution in [0.1, 0.15) is 12.3 Å². The zero-order chi connectivity index (χ0) is 22.3. The molecule has 1 aliphatic heterocycles. The Kier molecular flexibility index (Phi) is 7.36.